The first-order valence-corrected chi connectivity index (χ1v) is 19.7. The Kier molecular flexibility index (Phi) is 13.9. The highest BCUT2D eigenvalue weighted by Gasteiger charge is 2.29. The first-order chi connectivity index (χ1) is 28.9. The molecule has 2 N–H and O–H groups in total. The largest absolute Gasteiger partial charge is 0.511 e. The van der Waals surface area contributed by atoms with Gasteiger partial charge in [0.15, 0.2) is 5.82 Å². The highest BCUT2D eigenvalue weighted by molar-refractivity contribution is 6.02. The normalized spacial score (nSPS) is 12.7. The van der Waals surface area contributed by atoms with Crippen molar-refractivity contribution in [1.82, 2.24) is 35.2 Å². The molecule has 0 radical (unpaired) electrons. The van der Waals surface area contributed by atoms with E-state index in [1.807, 2.05) is 111 Å². The van der Waals surface area contributed by atoms with E-state index in [9.17, 15) is 14.8 Å². The van der Waals surface area contributed by atoms with Gasteiger partial charge in [0, 0.05) is 12.5 Å². The van der Waals surface area contributed by atoms with Crippen LogP contribution in [0.2, 0.25) is 0 Å². The summed E-state index contributed by atoms with van der Waals surface area (Å²) in [6.07, 6.45) is -1.30. The number of carbonyl (C=O) groups excluding carboxylic acids is 2. The van der Waals surface area contributed by atoms with Crippen LogP contribution in [0.1, 0.15) is 81.5 Å². The third-order valence-electron chi connectivity index (χ3n) is 9.63. The van der Waals surface area contributed by atoms with E-state index >= 15 is 0 Å². The summed E-state index contributed by atoms with van der Waals surface area (Å²) in [4.78, 5) is 37.5. The summed E-state index contributed by atoms with van der Waals surface area (Å²) in [5, 5.41) is 29.7. The number of carbonyl (C=O) groups is 2. The van der Waals surface area contributed by atoms with Gasteiger partial charge in [0.1, 0.15) is 12.7 Å². The number of hydrazine groups is 1. The van der Waals surface area contributed by atoms with Crippen LogP contribution in [0.15, 0.2) is 102 Å². The van der Waals surface area contributed by atoms with Crippen molar-refractivity contribution < 1.29 is 43.6 Å². The number of esters is 1. The van der Waals surface area contributed by atoms with Gasteiger partial charge >= 0.3 is 12.1 Å². The molecule has 2 heterocycles. The van der Waals surface area contributed by atoms with Crippen LogP contribution in [0.25, 0.3) is 33.5 Å². The third-order valence-corrected chi connectivity index (χ3v) is 9.63. The lowest BCUT2D eigenvalue weighted by atomic mass is 9.98. The molecule has 6 aromatic rings. The van der Waals surface area contributed by atoms with E-state index in [4.69, 9.17) is 23.8 Å². The Hall–Kier alpha value is -7.04. The molecule has 314 valence electrons. The number of benzene rings is 4. The first kappa shape index (κ1) is 42.6. The second-order valence-electron chi connectivity index (χ2n) is 14.8. The minimum atomic E-state index is -1.29. The summed E-state index contributed by atoms with van der Waals surface area (Å²) >= 11 is 0. The van der Waals surface area contributed by atoms with Crippen molar-refractivity contribution in [2.75, 3.05) is 20.3 Å². The van der Waals surface area contributed by atoms with Crippen LogP contribution in [-0.4, -0.2) is 89.6 Å². The van der Waals surface area contributed by atoms with Gasteiger partial charge in [-0.1, -0.05) is 84.9 Å². The molecule has 0 bridgehead atoms. The van der Waals surface area contributed by atoms with Crippen LogP contribution in [-0.2, 0) is 25.6 Å². The zero-order valence-electron chi connectivity index (χ0n) is 34.5. The molecule has 17 heteroatoms. The third kappa shape index (κ3) is 10.7. The zero-order valence-corrected chi connectivity index (χ0v) is 34.5. The number of hydrogen-bond acceptors (Lipinski definition) is 12. The Balaban J connectivity index is 1.10. The fourth-order valence-corrected chi connectivity index (χ4v) is 6.29. The van der Waals surface area contributed by atoms with Gasteiger partial charge in [-0.2, -0.15) is 4.98 Å². The predicted octanol–water partition coefficient (Wildman–Crippen LogP) is 8.33. The Labute approximate surface area is 347 Å². The zero-order chi connectivity index (χ0) is 42.6. The number of tetrazole rings is 1. The Morgan fingerprint density at radius 1 is 0.917 bits per heavy atom. The number of nitrogens with zero attached hydrogens (tertiary/aromatic N) is 8. The smallest absolute Gasteiger partial charge is 0.465 e. The number of fused-ring (bicyclic) bond motifs is 1. The number of para-hydroxylation sites is 1. The topological polar surface area (TPSA) is 191 Å². The fraction of sp³-hybridized carbons (Fsp3) is 0.349. The molecule has 6 rings (SSSR count). The molecule has 0 spiro atoms. The minimum Gasteiger partial charge on any atom is -0.465 e. The van der Waals surface area contributed by atoms with Crippen molar-refractivity contribution in [2.24, 2.45) is 5.28 Å². The summed E-state index contributed by atoms with van der Waals surface area (Å²) < 4.78 is 24.6. The Morgan fingerprint density at radius 3 is 2.35 bits per heavy atom. The summed E-state index contributed by atoms with van der Waals surface area (Å²) in [5.41, 5.74) is 5.38. The highest BCUT2D eigenvalue weighted by Crippen LogP contribution is 2.32. The van der Waals surface area contributed by atoms with Crippen molar-refractivity contribution in [3.63, 3.8) is 0 Å². The summed E-state index contributed by atoms with van der Waals surface area (Å²) in [7, 11) is 1.69. The average molecular weight is 821 g/mol. The maximum absolute atomic E-state index is 13.8. The molecular weight excluding hydrogens is 771 g/mol. The number of imidazole rings is 1. The van der Waals surface area contributed by atoms with E-state index < -0.39 is 24.5 Å². The number of H-pyrrole nitrogens is 1. The fourth-order valence-electron chi connectivity index (χ4n) is 6.29. The molecule has 0 saturated heterocycles. The average Bonchev–Trinajstić information content (AvgIpc) is 3.90. The molecule has 60 heavy (non-hydrogen) atoms. The number of rotatable bonds is 18. The van der Waals surface area contributed by atoms with E-state index in [1.165, 1.54) is 11.9 Å². The second-order valence-corrected chi connectivity index (χ2v) is 14.8. The number of unbranched alkanes of at least 4 members (excludes halogenated alkanes) is 1. The van der Waals surface area contributed by atoms with Gasteiger partial charge in [0.25, 0.3) is 16.3 Å². The maximum atomic E-state index is 13.8. The highest BCUT2D eigenvalue weighted by atomic mass is 16.8. The number of aromatic amines is 1. The van der Waals surface area contributed by atoms with Gasteiger partial charge in [0.2, 0.25) is 6.29 Å². The van der Waals surface area contributed by atoms with Crippen molar-refractivity contribution in [3.05, 3.63) is 114 Å². The predicted molar refractivity (Wildman–Crippen MR) is 218 cm³/mol. The van der Waals surface area contributed by atoms with Crippen LogP contribution >= 0.6 is 0 Å². The SMILES string of the molecule is CCOc1nc2cccc(C(=O)OC(C)OC(=O)OC(CCCCO/N=[N+](\O)N(C)C(C)(C)C)c3ccccc3)c2n1Cc1ccc(-c2ccccc2-c2nnn[nH]2)cc1. The molecule has 2 atom stereocenters. The summed E-state index contributed by atoms with van der Waals surface area (Å²) in [6.45, 7) is 9.99. The lowest BCUT2D eigenvalue weighted by Gasteiger charge is -2.21. The lowest BCUT2D eigenvalue weighted by Crippen LogP contribution is -2.43. The monoisotopic (exact) mass is 820 g/mol. The minimum absolute atomic E-state index is 0.214. The van der Waals surface area contributed by atoms with Gasteiger partial charge in [-0.3, -0.25) is 4.57 Å². The lowest BCUT2D eigenvalue weighted by molar-refractivity contribution is -0.946. The van der Waals surface area contributed by atoms with Gasteiger partial charge in [-0.05, 0) is 91.8 Å². The number of ether oxygens (including phenoxy) is 4. The van der Waals surface area contributed by atoms with Crippen molar-refractivity contribution in [3.8, 4) is 28.5 Å². The molecule has 0 aliphatic rings. The van der Waals surface area contributed by atoms with Crippen LogP contribution in [0.5, 0.6) is 6.01 Å². The van der Waals surface area contributed by atoms with Crippen LogP contribution in [0.3, 0.4) is 0 Å². The molecule has 0 amide bonds. The molecule has 0 aliphatic heterocycles. The van der Waals surface area contributed by atoms with Crippen LogP contribution < -0.4 is 4.74 Å². The van der Waals surface area contributed by atoms with Crippen LogP contribution in [0.4, 0.5) is 4.79 Å². The first-order valence-electron chi connectivity index (χ1n) is 19.7. The van der Waals surface area contributed by atoms with E-state index in [0.29, 0.717) is 60.3 Å². The maximum Gasteiger partial charge on any atom is 0.511 e. The molecule has 0 aliphatic carbocycles. The molecule has 2 aromatic heterocycles. The van der Waals surface area contributed by atoms with Crippen LogP contribution in [0, 0.1) is 0 Å². The van der Waals surface area contributed by atoms with E-state index in [2.05, 4.69) is 30.9 Å². The standard InChI is InChI=1S/C43H50N9O8/c1-7-56-41-44-36-21-15-20-35(38(36)51(41)28-30-23-25-31(26-24-30)33-18-11-12-19-34(33)39-45-47-48-46-39)40(53)58-29(2)59-42(54)60-37(32-16-9-8-10-17-32)22-13-14-27-57-49-52(55)50(6)43(3,4)5/h8-12,15-21,23-26,29,37H,7,13-14,22,27-28H2,1-6H3,(H,49,55)(H,45,46,47,48)/q+1. The molecule has 2 unspecified atom stereocenters. The number of hydrogen-bond donors (Lipinski definition) is 2. The van der Waals surface area contributed by atoms with E-state index in [0.717, 1.165) is 27.8 Å². The van der Waals surface area contributed by atoms with Crippen molar-refractivity contribution >= 4 is 23.2 Å². The van der Waals surface area contributed by atoms with E-state index in [-0.39, 0.29) is 17.7 Å². The molecule has 0 saturated carbocycles. The van der Waals surface area contributed by atoms with Gasteiger partial charge < -0.3 is 23.8 Å². The van der Waals surface area contributed by atoms with Gasteiger partial charge in [-0.25, -0.2) is 19.9 Å². The van der Waals surface area contributed by atoms with Crippen molar-refractivity contribution in [1.29, 1.82) is 0 Å². The molecule has 0 fully saturated rings. The quantitative estimate of drug-likeness (QED) is 0.0210. The Morgan fingerprint density at radius 2 is 1.65 bits per heavy atom. The molecular formula is C43H50N9O8+. The summed E-state index contributed by atoms with van der Waals surface area (Å²) in [5.74, 6) is -0.157. The van der Waals surface area contributed by atoms with Gasteiger partial charge in [0.05, 0.1) is 42.3 Å². The second kappa shape index (κ2) is 19.6. The van der Waals surface area contributed by atoms with Gasteiger partial charge in [-0.15, -0.1) is 10.1 Å². The molecule has 17 nitrogen and oxygen atoms in total. The summed E-state index contributed by atoms with van der Waals surface area (Å²) in [6, 6.07) is 30.6. The number of aromatic nitrogens is 6. The van der Waals surface area contributed by atoms with E-state index in [1.54, 1.807) is 25.2 Å². The molecule has 4 aromatic carbocycles. The van der Waals surface area contributed by atoms with Crippen molar-refractivity contribution in [2.45, 2.75) is 78.4 Å². The number of nitrogens with one attached hydrogen (secondary N) is 1. The Bertz CT molecular complexity index is 2360.